The standard InChI is InChI=1S/C17H24N4O2S2/c1-3-13-5-7-14(8-6-13)16-18-17(24)21(19-16)12-20(4-2)15-9-10-25(22,23)11-15/h5-8,15H,3-4,9-12H2,1-2H3,(H,18,19,24)/t15-/m1/s1. The number of aryl methyl sites for hydroxylation is 1. The van der Waals surface area contributed by atoms with Gasteiger partial charge in [-0.3, -0.25) is 10.00 Å². The van der Waals surface area contributed by atoms with Crippen molar-refractivity contribution in [2.24, 2.45) is 0 Å². The van der Waals surface area contributed by atoms with Crippen LogP contribution in [0.5, 0.6) is 0 Å². The van der Waals surface area contributed by atoms with Crippen LogP contribution in [0.15, 0.2) is 24.3 Å². The van der Waals surface area contributed by atoms with Gasteiger partial charge >= 0.3 is 0 Å². The third kappa shape index (κ3) is 4.19. The Balaban J connectivity index is 1.78. The van der Waals surface area contributed by atoms with Gasteiger partial charge in [0.15, 0.2) is 15.7 Å². The lowest BCUT2D eigenvalue weighted by Crippen LogP contribution is -2.37. The van der Waals surface area contributed by atoms with Crippen LogP contribution < -0.4 is 0 Å². The first-order valence-corrected chi connectivity index (χ1v) is 10.9. The second-order valence-corrected chi connectivity index (χ2v) is 9.03. The van der Waals surface area contributed by atoms with Crippen molar-refractivity contribution in [1.29, 1.82) is 0 Å². The molecule has 0 amide bonds. The molecule has 1 fully saturated rings. The van der Waals surface area contributed by atoms with Crippen molar-refractivity contribution in [3.8, 4) is 11.4 Å². The molecule has 2 aromatic rings. The Hall–Kier alpha value is -1.51. The first-order valence-electron chi connectivity index (χ1n) is 8.62. The molecular formula is C17H24N4O2S2. The van der Waals surface area contributed by atoms with Crippen molar-refractivity contribution in [3.63, 3.8) is 0 Å². The summed E-state index contributed by atoms with van der Waals surface area (Å²) in [7, 11) is -2.90. The SMILES string of the molecule is CCc1ccc(-c2nc(=S)n(CN(CC)[C@@H]3CCS(=O)(=O)C3)[nH]2)cc1. The van der Waals surface area contributed by atoms with Gasteiger partial charge in [-0.1, -0.05) is 38.1 Å². The Morgan fingerprint density at radius 2 is 2.04 bits per heavy atom. The van der Waals surface area contributed by atoms with Crippen LogP contribution in [0.1, 0.15) is 25.8 Å². The van der Waals surface area contributed by atoms with Crippen LogP contribution in [-0.4, -0.2) is 52.2 Å². The van der Waals surface area contributed by atoms with Crippen molar-refractivity contribution in [2.45, 2.75) is 39.4 Å². The number of aromatic nitrogens is 3. The van der Waals surface area contributed by atoms with Gasteiger partial charge < -0.3 is 0 Å². The number of hydrogen-bond donors (Lipinski definition) is 1. The van der Waals surface area contributed by atoms with Gasteiger partial charge in [0, 0.05) is 11.6 Å². The average molecular weight is 381 g/mol. The van der Waals surface area contributed by atoms with Crippen molar-refractivity contribution in [1.82, 2.24) is 19.7 Å². The zero-order valence-electron chi connectivity index (χ0n) is 14.6. The van der Waals surface area contributed by atoms with Gasteiger partial charge in [0.05, 0.1) is 18.2 Å². The Kier molecular flexibility index (Phi) is 5.41. The van der Waals surface area contributed by atoms with Crippen molar-refractivity contribution >= 4 is 22.1 Å². The maximum Gasteiger partial charge on any atom is 0.217 e. The van der Waals surface area contributed by atoms with Gasteiger partial charge in [0.1, 0.15) is 0 Å². The minimum absolute atomic E-state index is 0.0486. The van der Waals surface area contributed by atoms with E-state index >= 15 is 0 Å². The minimum atomic E-state index is -2.90. The predicted molar refractivity (Wildman–Crippen MR) is 102 cm³/mol. The van der Waals surface area contributed by atoms with E-state index in [2.05, 4.69) is 34.0 Å². The Morgan fingerprint density at radius 1 is 1.32 bits per heavy atom. The molecule has 25 heavy (non-hydrogen) atoms. The largest absolute Gasteiger partial charge is 0.281 e. The van der Waals surface area contributed by atoms with Gasteiger partial charge in [-0.2, -0.15) is 4.98 Å². The Labute approximate surface area is 153 Å². The van der Waals surface area contributed by atoms with E-state index in [1.54, 1.807) is 0 Å². The highest BCUT2D eigenvalue weighted by molar-refractivity contribution is 7.91. The fraction of sp³-hybridized carbons (Fsp3) is 0.529. The summed E-state index contributed by atoms with van der Waals surface area (Å²) in [6.45, 7) is 5.45. The summed E-state index contributed by atoms with van der Waals surface area (Å²) in [6, 6.07) is 8.31. The minimum Gasteiger partial charge on any atom is -0.281 e. The molecular weight excluding hydrogens is 356 g/mol. The number of sulfone groups is 1. The third-order valence-corrected chi connectivity index (χ3v) is 6.83. The molecule has 3 rings (SSSR count). The van der Waals surface area contributed by atoms with Crippen molar-refractivity contribution < 1.29 is 8.42 Å². The smallest absolute Gasteiger partial charge is 0.217 e. The number of aromatic amines is 1. The predicted octanol–water partition coefficient (Wildman–Crippen LogP) is 2.64. The van der Waals surface area contributed by atoms with Crippen molar-refractivity contribution in [2.75, 3.05) is 18.1 Å². The summed E-state index contributed by atoms with van der Waals surface area (Å²) in [5, 5.41) is 3.25. The first-order chi connectivity index (χ1) is 11.9. The summed E-state index contributed by atoms with van der Waals surface area (Å²) >= 11 is 5.38. The molecule has 1 aliphatic heterocycles. The van der Waals surface area contributed by atoms with Crippen molar-refractivity contribution in [3.05, 3.63) is 34.6 Å². The lowest BCUT2D eigenvalue weighted by molar-refractivity contribution is 0.164. The summed E-state index contributed by atoms with van der Waals surface area (Å²) in [6.07, 6.45) is 1.68. The number of benzene rings is 1. The molecule has 2 heterocycles. The maximum absolute atomic E-state index is 11.7. The molecule has 6 nitrogen and oxygen atoms in total. The number of rotatable bonds is 6. The van der Waals surface area contributed by atoms with Gasteiger partial charge in [-0.05, 0) is 37.2 Å². The maximum atomic E-state index is 11.7. The van der Waals surface area contributed by atoms with Crippen LogP contribution in [0, 0.1) is 4.77 Å². The number of hydrogen-bond acceptors (Lipinski definition) is 5. The number of H-pyrrole nitrogens is 1. The highest BCUT2D eigenvalue weighted by Crippen LogP contribution is 2.20. The van der Waals surface area contributed by atoms with Gasteiger partial charge in [0.2, 0.25) is 4.77 Å². The summed E-state index contributed by atoms with van der Waals surface area (Å²) in [4.78, 5) is 6.60. The van der Waals surface area contributed by atoms with E-state index in [0.29, 0.717) is 17.9 Å². The molecule has 0 aliphatic carbocycles. The van der Waals surface area contributed by atoms with Crippen LogP contribution in [0.2, 0.25) is 0 Å². The fourth-order valence-electron chi connectivity index (χ4n) is 3.20. The summed E-state index contributed by atoms with van der Waals surface area (Å²) in [5.41, 5.74) is 2.27. The normalized spacial score (nSPS) is 19.6. The molecule has 1 saturated heterocycles. The van der Waals surface area contributed by atoms with E-state index < -0.39 is 9.84 Å². The number of nitrogens with zero attached hydrogens (tertiary/aromatic N) is 3. The van der Waals surface area contributed by atoms with E-state index in [9.17, 15) is 8.42 Å². The molecule has 8 heteroatoms. The van der Waals surface area contributed by atoms with Crippen LogP contribution >= 0.6 is 12.2 Å². The molecule has 0 spiro atoms. The zero-order chi connectivity index (χ0) is 18.0. The molecule has 1 aromatic heterocycles. The molecule has 1 atom stereocenters. The Morgan fingerprint density at radius 3 is 2.60 bits per heavy atom. The molecule has 0 unspecified atom stereocenters. The number of nitrogens with one attached hydrogen (secondary N) is 1. The average Bonchev–Trinajstić information content (AvgIpc) is 3.15. The monoisotopic (exact) mass is 380 g/mol. The second kappa shape index (κ2) is 7.39. The van der Waals surface area contributed by atoms with Crippen LogP contribution in [0.3, 0.4) is 0 Å². The van der Waals surface area contributed by atoms with Gasteiger partial charge in [-0.25, -0.2) is 13.1 Å². The molecule has 1 aromatic carbocycles. The lowest BCUT2D eigenvalue weighted by atomic mass is 10.1. The van der Waals surface area contributed by atoms with Gasteiger partial charge in [0.25, 0.3) is 0 Å². The fourth-order valence-corrected chi connectivity index (χ4v) is 5.15. The molecule has 0 radical (unpaired) electrons. The summed E-state index contributed by atoms with van der Waals surface area (Å²) in [5.74, 6) is 1.24. The molecule has 0 bridgehead atoms. The molecule has 1 N–H and O–H groups in total. The second-order valence-electron chi connectivity index (χ2n) is 6.44. The van der Waals surface area contributed by atoms with E-state index in [-0.39, 0.29) is 17.5 Å². The van der Waals surface area contributed by atoms with Crippen LogP contribution in [-0.2, 0) is 22.9 Å². The lowest BCUT2D eigenvalue weighted by Gasteiger charge is -2.26. The summed E-state index contributed by atoms with van der Waals surface area (Å²) < 4.78 is 25.8. The highest BCUT2D eigenvalue weighted by Gasteiger charge is 2.31. The first kappa shape index (κ1) is 18.3. The topological polar surface area (TPSA) is 71.0 Å². The van der Waals surface area contributed by atoms with E-state index in [1.807, 2.05) is 23.7 Å². The quantitative estimate of drug-likeness (QED) is 0.780. The van der Waals surface area contributed by atoms with Crippen LogP contribution in [0.4, 0.5) is 0 Å². The van der Waals surface area contributed by atoms with E-state index in [0.717, 1.165) is 24.4 Å². The molecule has 0 saturated carbocycles. The molecule has 136 valence electrons. The van der Waals surface area contributed by atoms with E-state index in [1.165, 1.54) is 5.56 Å². The Bertz CT molecular complexity index is 884. The third-order valence-electron chi connectivity index (χ3n) is 4.77. The van der Waals surface area contributed by atoms with E-state index in [4.69, 9.17) is 12.2 Å². The highest BCUT2D eigenvalue weighted by atomic mass is 32.2. The zero-order valence-corrected chi connectivity index (χ0v) is 16.2. The van der Waals surface area contributed by atoms with Crippen LogP contribution in [0.25, 0.3) is 11.4 Å². The molecule has 1 aliphatic rings. The van der Waals surface area contributed by atoms with Gasteiger partial charge in [-0.15, -0.1) is 0 Å².